The van der Waals surface area contributed by atoms with Crippen LogP contribution in [0.3, 0.4) is 0 Å². The predicted molar refractivity (Wildman–Crippen MR) is 88.5 cm³/mol. The van der Waals surface area contributed by atoms with E-state index in [1.54, 1.807) is 0 Å². The van der Waals surface area contributed by atoms with Gasteiger partial charge in [-0.3, -0.25) is 0 Å². The van der Waals surface area contributed by atoms with Crippen LogP contribution >= 0.6 is 0 Å². The molecule has 1 saturated heterocycles. The Kier molecular flexibility index (Phi) is 4.16. The maximum absolute atomic E-state index is 6.79. The van der Waals surface area contributed by atoms with Gasteiger partial charge in [-0.05, 0) is 42.4 Å². The molecule has 0 aromatic heterocycles. The zero-order valence-electron chi connectivity index (χ0n) is 14.6. The molecule has 0 bridgehead atoms. The van der Waals surface area contributed by atoms with Crippen molar-refractivity contribution < 1.29 is 4.74 Å². The molecule has 122 valence electrons. The Balaban J connectivity index is 1.68. The lowest BCUT2D eigenvalue weighted by Crippen LogP contribution is -2.59. The highest BCUT2D eigenvalue weighted by atomic mass is 16.5. The van der Waals surface area contributed by atoms with Crippen molar-refractivity contribution in [3.63, 3.8) is 0 Å². The van der Waals surface area contributed by atoms with E-state index in [0.717, 1.165) is 19.0 Å². The van der Waals surface area contributed by atoms with Crippen LogP contribution in [0.2, 0.25) is 0 Å². The minimum Gasteiger partial charge on any atom is -0.369 e. The summed E-state index contributed by atoms with van der Waals surface area (Å²) in [5, 5.41) is 3.72. The van der Waals surface area contributed by atoms with Gasteiger partial charge in [0, 0.05) is 13.1 Å². The van der Waals surface area contributed by atoms with E-state index >= 15 is 0 Å². The number of hydrogen-bond donors (Lipinski definition) is 1. The number of hydrogen-bond acceptors (Lipinski definition) is 2. The maximum Gasteiger partial charge on any atom is 0.0820 e. The average molecular weight is 293 g/mol. The van der Waals surface area contributed by atoms with Gasteiger partial charge in [0.15, 0.2) is 0 Å². The third-order valence-electron chi connectivity index (χ3n) is 5.87. The molecule has 3 aliphatic rings. The first kappa shape index (κ1) is 15.8. The summed E-state index contributed by atoms with van der Waals surface area (Å²) in [6.45, 7) is 11.8. The normalized spacial score (nSPS) is 35.1. The van der Waals surface area contributed by atoms with E-state index in [1.165, 1.54) is 51.4 Å². The van der Waals surface area contributed by atoms with Crippen LogP contribution in [0.5, 0.6) is 0 Å². The molecule has 0 radical (unpaired) electrons. The van der Waals surface area contributed by atoms with Crippen LogP contribution in [0.15, 0.2) is 0 Å². The number of nitrogens with one attached hydrogen (secondary N) is 1. The van der Waals surface area contributed by atoms with Gasteiger partial charge in [-0.2, -0.15) is 0 Å². The molecule has 1 unspecified atom stereocenters. The van der Waals surface area contributed by atoms with E-state index in [2.05, 4.69) is 33.0 Å². The molecule has 0 aromatic carbocycles. The number of morpholine rings is 1. The van der Waals surface area contributed by atoms with Gasteiger partial charge in [-0.15, -0.1) is 0 Å². The Labute approximate surface area is 131 Å². The first-order valence-electron chi connectivity index (χ1n) is 9.16. The van der Waals surface area contributed by atoms with Crippen LogP contribution in [0.25, 0.3) is 0 Å². The van der Waals surface area contributed by atoms with Crippen LogP contribution in [0.4, 0.5) is 0 Å². The van der Waals surface area contributed by atoms with Crippen molar-refractivity contribution in [1.29, 1.82) is 0 Å². The topological polar surface area (TPSA) is 21.3 Å². The zero-order valence-corrected chi connectivity index (χ0v) is 14.6. The van der Waals surface area contributed by atoms with Gasteiger partial charge in [0.25, 0.3) is 0 Å². The lowest BCUT2D eigenvalue weighted by molar-refractivity contribution is -0.179. The molecule has 2 nitrogen and oxygen atoms in total. The Morgan fingerprint density at radius 2 is 1.57 bits per heavy atom. The summed E-state index contributed by atoms with van der Waals surface area (Å²) in [7, 11) is 0. The van der Waals surface area contributed by atoms with Gasteiger partial charge >= 0.3 is 0 Å². The van der Waals surface area contributed by atoms with Gasteiger partial charge in [0.2, 0.25) is 0 Å². The van der Waals surface area contributed by atoms with Gasteiger partial charge < -0.3 is 10.1 Å². The molecule has 1 spiro atoms. The molecule has 3 fully saturated rings. The summed E-state index contributed by atoms with van der Waals surface area (Å²) in [4.78, 5) is 0. The number of ether oxygens (including phenoxy) is 1. The van der Waals surface area contributed by atoms with E-state index in [4.69, 9.17) is 4.74 Å². The Bertz CT molecular complexity index is 352. The second-order valence-electron chi connectivity index (χ2n) is 9.80. The maximum atomic E-state index is 6.79. The highest BCUT2D eigenvalue weighted by Crippen LogP contribution is 2.52. The van der Waals surface area contributed by atoms with Gasteiger partial charge in [0.05, 0.1) is 11.7 Å². The summed E-state index contributed by atoms with van der Waals surface area (Å²) in [5.41, 5.74) is 0.893. The van der Waals surface area contributed by atoms with E-state index in [9.17, 15) is 0 Å². The molecule has 1 aliphatic heterocycles. The van der Waals surface area contributed by atoms with Crippen LogP contribution in [-0.4, -0.2) is 24.8 Å². The summed E-state index contributed by atoms with van der Waals surface area (Å²) in [6.07, 6.45) is 11.2. The molecule has 21 heavy (non-hydrogen) atoms. The van der Waals surface area contributed by atoms with Crippen molar-refractivity contribution in [2.75, 3.05) is 13.1 Å². The van der Waals surface area contributed by atoms with Crippen LogP contribution < -0.4 is 5.32 Å². The van der Waals surface area contributed by atoms with Gasteiger partial charge in [-0.1, -0.05) is 53.4 Å². The SMILES string of the molecule is CC1(C)CC(C)(C)CC2(CNCC(CC3CCCC3)O2)C1. The fourth-order valence-electron chi connectivity index (χ4n) is 6.08. The third-order valence-corrected chi connectivity index (χ3v) is 5.87. The first-order chi connectivity index (χ1) is 9.78. The average Bonchev–Trinajstić information content (AvgIpc) is 2.76. The van der Waals surface area contributed by atoms with E-state index in [-0.39, 0.29) is 5.60 Å². The molecule has 1 heterocycles. The molecule has 0 aromatic rings. The molecule has 2 saturated carbocycles. The summed E-state index contributed by atoms with van der Waals surface area (Å²) in [5.74, 6) is 0.927. The molecule has 1 N–H and O–H groups in total. The van der Waals surface area contributed by atoms with E-state index < -0.39 is 0 Å². The molecular weight excluding hydrogens is 258 g/mol. The van der Waals surface area contributed by atoms with Crippen molar-refractivity contribution in [2.45, 2.75) is 90.8 Å². The first-order valence-corrected chi connectivity index (χ1v) is 9.16. The van der Waals surface area contributed by atoms with Gasteiger partial charge in [0.1, 0.15) is 0 Å². The van der Waals surface area contributed by atoms with Crippen LogP contribution in [-0.2, 0) is 4.74 Å². The molecule has 3 rings (SSSR count). The highest BCUT2D eigenvalue weighted by molar-refractivity contribution is 5.02. The number of rotatable bonds is 2. The molecule has 2 heteroatoms. The highest BCUT2D eigenvalue weighted by Gasteiger charge is 2.50. The fraction of sp³-hybridized carbons (Fsp3) is 1.00. The quantitative estimate of drug-likeness (QED) is 0.807. The fourth-order valence-corrected chi connectivity index (χ4v) is 6.08. The van der Waals surface area contributed by atoms with Crippen molar-refractivity contribution in [3.8, 4) is 0 Å². The Morgan fingerprint density at radius 1 is 0.952 bits per heavy atom. The Morgan fingerprint density at radius 3 is 2.19 bits per heavy atom. The lowest BCUT2D eigenvalue weighted by Gasteiger charge is -2.54. The molecule has 0 amide bonds. The largest absolute Gasteiger partial charge is 0.369 e. The van der Waals surface area contributed by atoms with Crippen LogP contribution in [0, 0.1) is 16.7 Å². The Hall–Kier alpha value is -0.0800. The molecular formula is C19H35NO. The third kappa shape index (κ3) is 3.82. The standard InChI is InChI=1S/C19H35NO/c1-17(2)11-18(3,4)13-19(12-17)14-20-10-16(21-19)9-15-7-5-6-8-15/h15-16,20H,5-14H2,1-4H3. The van der Waals surface area contributed by atoms with Crippen molar-refractivity contribution in [1.82, 2.24) is 5.32 Å². The summed E-state index contributed by atoms with van der Waals surface area (Å²) < 4.78 is 6.79. The summed E-state index contributed by atoms with van der Waals surface area (Å²) >= 11 is 0. The zero-order chi connectivity index (χ0) is 15.1. The monoisotopic (exact) mass is 293 g/mol. The van der Waals surface area contributed by atoms with Crippen molar-refractivity contribution in [2.24, 2.45) is 16.7 Å². The predicted octanol–water partition coefficient (Wildman–Crippen LogP) is 4.53. The van der Waals surface area contributed by atoms with E-state index in [0.29, 0.717) is 16.9 Å². The van der Waals surface area contributed by atoms with Crippen molar-refractivity contribution >= 4 is 0 Å². The minimum absolute atomic E-state index is 0.0901. The van der Waals surface area contributed by atoms with E-state index in [1.807, 2.05) is 0 Å². The van der Waals surface area contributed by atoms with Gasteiger partial charge in [-0.25, -0.2) is 0 Å². The smallest absolute Gasteiger partial charge is 0.0820 e. The lowest BCUT2D eigenvalue weighted by atomic mass is 9.59. The minimum atomic E-state index is 0.0901. The second kappa shape index (κ2) is 5.53. The molecule has 2 aliphatic carbocycles. The van der Waals surface area contributed by atoms with Crippen LogP contribution in [0.1, 0.15) is 79.1 Å². The second-order valence-corrected chi connectivity index (χ2v) is 9.80. The summed E-state index contributed by atoms with van der Waals surface area (Å²) in [6, 6.07) is 0. The molecule has 1 atom stereocenters. The van der Waals surface area contributed by atoms with Crippen molar-refractivity contribution in [3.05, 3.63) is 0 Å².